The third-order valence-corrected chi connectivity index (χ3v) is 3.85. The summed E-state index contributed by atoms with van der Waals surface area (Å²) in [5.74, 6) is -0.878. The molecular formula is C15H10F2N4OS. The van der Waals surface area contributed by atoms with E-state index < -0.39 is 11.8 Å². The fraction of sp³-hybridized carbons (Fsp3) is 0.0667. The number of nitrogens with one attached hydrogen (secondary N) is 1. The molecule has 1 amide bonds. The molecule has 2 heterocycles. The molecule has 0 saturated carbocycles. The van der Waals surface area contributed by atoms with E-state index in [1.54, 1.807) is 18.2 Å². The normalized spacial score (nSPS) is 16.3. The fourth-order valence-corrected chi connectivity index (χ4v) is 2.52. The van der Waals surface area contributed by atoms with Gasteiger partial charge in [0.2, 0.25) is 11.9 Å². The first kappa shape index (κ1) is 15.3. The highest BCUT2D eigenvalue weighted by Gasteiger charge is 2.16. The van der Waals surface area contributed by atoms with E-state index in [2.05, 4.69) is 20.5 Å². The number of carbonyl (C=O) groups excluding carboxylic acids is 1. The number of hydrogen-bond donors (Lipinski definition) is 1. The van der Waals surface area contributed by atoms with Crippen LogP contribution in [0.15, 0.2) is 46.7 Å². The summed E-state index contributed by atoms with van der Waals surface area (Å²) in [5.41, 5.74) is 1.56. The lowest BCUT2D eigenvalue weighted by Crippen LogP contribution is -2.19. The van der Waals surface area contributed by atoms with Crippen LogP contribution >= 0.6 is 11.8 Å². The van der Waals surface area contributed by atoms with Crippen molar-refractivity contribution in [2.45, 2.75) is 0 Å². The average molecular weight is 332 g/mol. The Bertz CT molecular complexity index is 806. The van der Waals surface area contributed by atoms with Crippen LogP contribution in [0, 0.1) is 11.8 Å². The standard InChI is InChI=1S/C15H10F2N4OS/c16-12-3-1-9(10-2-4-13(17)18-6-10)5-11(12)7-19-21-15-20-14(22)8-23-15/h1-7H,8H2,(H,20,21,22). The molecule has 1 aromatic carbocycles. The monoisotopic (exact) mass is 332 g/mol. The number of nitrogens with zero attached hydrogens (tertiary/aromatic N) is 3. The van der Waals surface area contributed by atoms with Crippen LogP contribution in [0.1, 0.15) is 5.56 Å². The molecule has 23 heavy (non-hydrogen) atoms. The van der Waals surface area contributed by atoms with Crippen molar-refractivity contribution in [3.8, 4) is 11.1 Å². The van der Waals surface area contributed by atoms with Crippen molar-refractivity contribution < 1.29 is 13.6 Å². The molecule has 3 rings (SSSR count). The summed E-state index contributed by atoms with van der Waals surface area (Å²) >= 11 is 1.23. The zero-order valence-electron chi connectivity index (χ0n) is 11.7. The minimum Gasteiger partial charge on any atom is -0.303 e. The van der Waals surface area contributed by atoms with Gasteiger partial charge in [0.1, 0.15) is 5.82 Å². The molecular weight excluding hydrogens is 322 g/mol. The van der Waals surface area contributed by atoms with Crippen molar-refractivity contribution in [3.63, 3.8) is 0 Å². The topological polar surface area (TPSA) is 66.7 Å². The number of thioether (sulfide) groups is 1. The molecule has 1 aromatic heterocycles. The first-order valence-corrected chi connectivity index (χ1v) is 7.55. The van der Waals surface area contributed by atoms with Crippen molar-refractivity contribution in [1.29, 1.82) is 0 Å². The Hall–Kier alpha value is -2.61. The quantitative estimate of drug-likeness (QED) is 0.534. The molecule has 0 aliphatic carbocycles. The maximum absolute atomic E-state index is 13.8. The summed E-state index contributed by atoms with van der Waals surface area (Å²) in [4.78, 5) is 14.6. The number of carbonyl (C=O) groups is 1. The van der Waals surface area contributed by atoms with E-state index in [9.17, 15) is 13.6 Å². The van der Waals surface area contributed by atoms with Crippen LogP contribution < -0.4 is 5.32 Å². The second-order valence-corrected chi connectivity index (χ2v) is 5.56. The van der Waals surface area contributed by atoms with Gasteiger partial charge in [-0.25, -0.2) is 9.37 Å². The van der Waals surface area contributed by atoms with E-state index in [-0.39, 0.29) is 11.5 Å². The molecule has 1 aliphatic rings. The van der Waals surface area contributed by atoms with Crippen LogP contribution in [0.25, 0.3) is 11.1 Å². The molecule has 0 bridgehead atoms. The van der Waals surface area contributed by atoms with E-state index in [4.69, 9.17) is 0 Å². The highest BCUT2D eigenvalue weighted by atomic mass is 32.2. The van der Waals surface area contributed by atoms with Crippen LogP contribution in [-0.4, -0.2) is 28.0 Å². The lowest BCUT2D eigenvalue weighted by atomic mass is 10.0. The van der Waals surface area contributed by atoms with Crippen LogP contribution in [-0.2, 0) is 4.79 Å². The molecule has 0 spiro atoms. The molecule has 1 fully saturated rings. The van der Waals surface area contributed by atoms with Crippen molar-refractivity contribution in [2.75, 3.05) is 5.75 Å². The van der Waals surface area contributed by atoms with Crippen LogP contribution in [0.4, 0.5) is 8.78 Å². The van der Waals surface area contributed by atoms with Gasteiger partial charge >= 0.3 is 0 Å². The van der Waals surface area contributed by atoms with E-state index in [0.717, 1.165) is 0 Å². The van der Waals surface area contributed by atoms with Gasteiger partial charge in [-0.05, 0) is 29.8 Å². The van der Waals surface area contributed by atoms with Gasteiger partial charge in [-0.1, -0.05) is 17.8 Å². The second kappa shape index (κ2) is 6.66. The summed E-state index contributed by atoms with van der Waals surface area (Å²) < 4.78 is 26.7. The van der Waals surface area contributed by atoms with Crippen LogP contribution in [0.2, 0.25) is 0 Å². The van der Waals surface area contributed by atoms with E-state index in [1.165, 1.54) is 36.3 Å². The number of hydrogen-bond acceptors (Lipinski definition) is 5. The van der Waals surface area contributed by atoms with E-state index in [0.29, 0.717) is 22.0 Å². The summed E-state index contributed by atoms with van der Waals surface area (Å²) in [7, 11) is 0. The molecule has 0 atom stereocenters. The second-order valence-electron chi connectivity index (χ2n) is 4.59. The first-order chi connectivity index (χ1) is 11.1. The first-order valence-electron chi connectivity index (χ1n) is 6.57. The Morgan fingerprint density at radius 3 is 2.74 bits per heavy atom. The third-order valence-electron chi connectivity index (χ3n) is 2.99. The number of rotatable bonds is 3. The number of aromatic nitrogens is 1. The smallest absolute Gasteiger partial charge is 0.236 e. The van der Waals surface area contributed by atoms with Crippen molar-refractivity contribution in [1.82, 2.24) is 10.3 Å². The van der Waals surface area contributed by atoms with Crippen LogP contribution in [0.5, 0.6) is 0 Å². The Morgan fingerprint density at radius 2 is 2.04 bits per heavy atom. The maximum atomic E-state index is 13.8. The predicted octanol–water partition coefficient (Wildman–Crippen LogP) is 2.58. The Balaban J connectivity index is 1.83. The van der Waals surface area contributed by atoms with Crippen molar-refractivity contribution in [2.24, 2.45) is 10.2 Å². The molecule has 1 N–H and O–H groups in total. The van der Waals surface area contributed by atoms with Gasteiger partial charge in [0.15, 0.2) is 5.17 Å². The largest absolute Gasteiger partial charge is 0.303 e. The third kappa shape index (κ3) is 3.78. The number of pyridine rings is 1. The lowest BCUT2D eigenvalue weighted by molar-refractivity contribution is -0.116. The Morgan fingerprint density at radius 1 is 1.22 bits per heavy atom. The zero-order chi connectivity index (χ0) is 16.2. The van der Waals surface area contributed by atoms with Crippen molar-refractivity contribution >= 4 is 29.1 Å². The summed E-state index contributed by atoms with van der Waals surface area (Å²) in [6, 6.07) is 7.22. The van der Waals surface area contributed by atoms with Gasteiger partial charge < -0.3 is 5.32 Å². The number of halogens is 2. The lowest BCUT2D eigenvalue weighted by Gasteiger charge is -2.03. The predicted molar refractivity (Wildman–Crippen MR) is 85.2 cm³/mol. The number of benzene rings is 1. The minimum absolute atomic E-state index is 0.138. The van der Waals surface area contributed by atoms with Crippen molar-refractivity contribution in [3.05, 3.63) is 53.9 Å². The fourth-order valence-electron chi connectivity index (χ4n) is 1.89. The number of amides is 1. The molecule has 0 unspecified atom stereocenters. The number of amidine groups is 1. The van der Waals surface area contributed by atoms with E-state index in [1.807, 2.05) is 0 Å². The molecule has 0 radical (unpaired) electrons. The van der Waals surface area contributed by atoms with Gasteiger partial charge in [-0.3, -0.25) is 4.79 Å². The molecule has 2 aromatic rings. The van der Waals surface area contributed by atoms with Gasteiger partial charge in [0, 0.05) is 17.3 Å². The Kier molecular flexibility index (Phi) is 4.42. The maximum Gasteiger partial charge on any atom is 0.236 e. The van der Waals surface area contributed by atoms with Gasteiger partial charge in [0.25, 0.3) is 0 Å². The molecule has 8 heteroatoms. The average Bonchev–Trinajstić information content (AvgIpc) is 2.95. The summed E-state index contributed by atoms with van der Waals surface area (Å²) in [6.45, 7) is 0. The molecule has 1 aliphatic heterocycles. The molecule has 1 saturated heterocycles. The van der Waals surface area contributed by atoms with Gasteiger partial charge in [0.05, 0.1) is 12.0 Å². The Labute approximate surface area is 134 Å². The van der Waals surface area contributed by atoms with Crippen LogP contribution in [0.3, 0.4) is 0 Å². The highest BCUT2D eigenvalue weighted by Crippen LogP contribution is 2.21. The minimum atomic E-state index is -0.579. The molecule has 116 valence electrons. The van der Waals surface area contributed by atoms with Gasteiger partial charge in [-0.2, -0.15) is 9.49 Å². The van der Waals surface area contributed by atoms with Gasteiger partial charge in [-0.15, -0.1) is 5.10 Å². The highest BCUT2D eigenvalue weighted by molar-refractivity contribution is 8.15. The molecule has 5 nitrogen and oxygen atoms in total. The zero-order valence-corrected chi connectivity index (χ0v) is 12.5. The summed E-state index contributed by atoms with van der Waals surface area (Å²) in [5, 5.41) is 10.5. The summed E-state index contributed by atoms with van der Waals surface area (Å²) in [6.07, 6.45) is 2.63. The van der Waals surface area contributed by atoms with E-state index >= 15 is 0 Å². The SMILES string of the molecule is O=C1CSC(=NN=Cc2cc(-c3ccc(F)nc3)ccc2F)N1.